The summed E-state index contributed by atoms with van der Waals surface area (Å²) < 4.78 is 13.5. The van der Waals surface area contributed by atoms with Crippen molar-refractivity contribution in [2.45, 2.75) is 31.4 Å². The minimum absolute atomic E-state index is 0.128. The summed E-state index contributed by atoms with van der Waals surface area (Å²) in [6, 6.07) is 13.5. The molecule has 0 unspecified atom stereocenters. The van der Waals surface area contributed by atoms with Gasteiger partial charge >= 0.3 is 5.97 Å². The van der Waals surface area contributed by atoms with Crippen LogP contribution in [0.4, 0.5) is 10.1 Å². The van der Waals surface area contributed by atoms with Crippen molar-refractivity contribution in [1.29, 1.82) is 0 Å². The third-order valence-corrected chi connectivity index (χ3v) is 5.06. The second-order valence-electron chi connectivity index (χ2n) is 6.49. The number of benzene rings is 2. The van der Waals surface area contributed by atoms with Gasteiger partial charge in [-0.05, 0) is 49.2 Å². The van der Waals surface area contributed by atoms with Gasteiger partial charge in [-0.3, -0.25) is 9.59 Å². The fraction of sp³-hybridized carbons (Fsp3) is 0.300. The first-order chi connectivity index (χ1) is 12.3. The third-order valence-electron chi connectivity index (χ3n) is 4.03. The Morgan fingerprint density at radius 1 is 1.15 bits per heavy atom. The van der Waals surface area contributed by atoms with Crippen LogP contribution in [0.5, 0.6) is 0 Å². The minimum atomic E-state index is -0.881. The summed E-state index contributed by atoms with van der Waals surface area (Å²) >= 11 is 1.53. The molecule has 138 valence electrons. The number of hydrogen-bond acceptors (Lipinski definition) is 3. The second kappa shape index (κ2) is 8.85. The zero-order valence-corrected chi connectivity index (χ0v) is 15.6. The van der Waals surface area contributed by atoms with Crippen LogP contribution in [0.15, 0.2) is 48.5 Å². The van der Waals surface area contributed by atoms with Crippen LogP contribution in [0.3, 0.4) is 0 Å². The standard InChI is InChI=1S/C20H22FNO3S/c1-20(2,15-6-4-7-16(21)12-15)19(25)22-17-8-3-5-14(11-17)13-26-10-9-18(23)24/h3-8,11-12H,9-10,13H2,1-2H3,(H,22,25)(H,23,24). The Kier molecular flexibility index (Phi) is 6.80. The average Bonchev–Trinajstić information content (AvgIpc) is 2.59. The molecular weight excluding hydrogens is 353 g/mol. The smallest absolute Gasteiger partial charge is 0.304 e. The first-order valence-corrected chi connectivity index (χ1v) is 9.40. The van der Waals surface area contributed by atoms with Crippen molar-refractivity contribution in [3.63, 3.8) is 0 Å². The maximum atomic E-state index is 13.5. The molecule has 2 rings (SSSR count). The molecule has 0 heterocycles. The van der Waals surface area contributed by atoms with Crippen LogP contribution in [-0.4, -0.2) is 22.7 Å². The van der Waals surface area contributed by atoms with Crippen molar-refractivity contribution >= 4 is 29.3 Å². The minimum Gasteiger partial charge on any atom is -0.481 e. The summed E-state index contributed by atoms with van der Waals surface area (Å²) in [6.45, 7) is 3.51. The number of carbonyl (C=O) groups excluding carboxylic acids is 1. The number of halogens is 1. The zero-order chi connectivity index (χ0) is 19.2. The molecule has 0 aliphatic heterocycles. The van der Waals surface area contributed by atoms with E-state index in [0.717, 1.165) is 5.56 Å². The third kappa shape index (κ3) is 5.59. The largest absolute Gasteiger partial charge is 0.481 e. The van der Waals surface area contributed by atoms with E-state index in [9.17, 15) is 14.0 Å². The quantitative estimate of drug-likeness (QED) is 0.669. The predicted octanol–water partition coefficient (Wildman–Crippen LogP) is 4.45. The molecule has 1 amide bonds. The van der Waals surface area contributed by atoms with Gasteiger partial charge in [0.25, 0.3) is 0 Å². The number of carboxylic acids is 1. The molecule has 2 N–H and O–H groups in total. The number of nitrogens with one attached hydrogen (secondary N) is 1. The van der Waals surface area contributed by atoms with Crippen LogP contribution in [0.2, 0.25) is 0 Å². The van der Waals surface area contributed by atoms with Crippen LogP contribution in [0.1, 0.15) is 31.4 Å². The predicted molar refractivity (Wildman–Crippen MR) is 103 cm³/mol. The highest BCUT2D eigenvalue weighted by atomic mass is 32.2. The maximum absolute atomic E-state index is 13.5. The first kappa shape index (κ1) is 20.0. The Labute approximate surface area is 156 Å². The Balaban J connectivity index is 2.02. The molecule has 0 aliphatic carbocycles. The normalized spacial score (nSPS) is 11.2. The van der Waals surface area contributed by atoms with Crippen molar-refractivity contribution in [3.8, 4) is 0 Å². The number of amides is 1. The highest BCUT2D eigenvalue weighted by Crippen LogP contribution is 2.26. The second-order valence-corrected chi connectivity index (χ2v) is 7.59. The molecule has 0 aromatic heterocycles. The number of carbonyl (C=O) groups is 2. The van der Waals surface area contributed by atoms with Crippen molar-refractivity contribution in [2.24, 2.45) is 0 Å². The van der Waals surface area contributed by atoms with E-state index in [1.54, 1.807) is 32.0 Å². The number of anilines is 1. The summed E-state index contributed by atoms with van der Waals surface area (Å²) in [6.07, 6.45) is 0.128. The number of rotatable bonds is 8. The van der Waals surface area contributed by atoms with Gasteiger partial charge in [0.2, 0.25) is 5.91 Å². The fourth-order valence-corrected chi connectivity index (χ4v) is 3.26. The Hall–Kier alpha value is -2.34. The molecular formula is C20H22FNO3S. The maximum Gasteiger partial charge on any atom is 0.304 e. The Morgan fingerprint density at radius 3 is 2.58 bits per heavy atom. The van der Waals surface area contributed by atoms with Crippen LogP contribution in [0, 0.1) is 5.82 Å². The molecule has 26 heavy (non-hydrogen) atoms. The van der Waals surface area contributed by atoms with E-state index >= 15 is 0 Å². The summed E-state index contributed by atoms with van der Waals surface area (Å²) in [5, 5.41) is 11.5. The highest BCUT2D eigenvalue weighted by molar-refractivity contribution is 7.98. The first-order valence-electron chi connectivity index (χ1n) is 8.25. The topological polar surface area (TPSA) is 66.4 Å². The lowest BCUT2D eigenvalue weighted by Crippen LogP contribution is -2.34. The molecule has 0 fully saturated rings. The van der Waals surface area contributed by atoms with E-state index in [2.05, 4.69) is 5.32 Å². The summed E-state index contributed by atoms with van der Waals surface area (Å²) in [7, 11) is 0. The van der Waals surface area contributed by atoms with Gasteiger partial charge in [-0.25, -0.2) is 4.39 Å². The fourth-order valence-electron chi connectivity index (χ4n) is 2.38. The lowest BCUT2D eigenvalue weighted by Gasteiger charge is -2.24. The number of hydrogen-bond donors (Lipinski definition) is 2. The van der Waals surface area contributed by atoms with E-state index in [1.807, 2.05) is 18.2 Å². The van der Waals surface area contributed by atoms with Crippen LogP contribution in [-0.2, 0) is 20.8 Å². The molecule has 0 radical (unpaired) electrons. The summed E-state index contributed by atoms with van der Waals surface area (Å²) in [5.74, 6) is -0.191. The van der Waals surface area contributed by atoms with Gasteiger partial charge in [-0.2, -0.15) is 11.8 Å². The van der Waals surface area contributed by atoms with E-state index in [1.165, 1.54) is 23.9 Å². The molecule has 4 nitrogen and oxygen atoms in total. The molecule has 0 saturated heterocycles. The van der Waals surface area contributed by atoms with Crippen LogP contribution >= 0.6 is 11.8 Å². The van der Waals surface area contributed by atoms with Crippen LogP contribution < -0.4 is 5.32 Å². The molecule has 2 aromatic rings. The van der Waals surface area contributed by atoms with Gasteiger partial charge < -0.3 is 10.4 Å². The Bertz CT molecular complexity index is 792. The molecule has 0 atom stereocenters. The van der Waals surface area contributed by atoms with Gasteiger partial charge in [-0.15, -0.1) is 0 Å². The van der Waals surface area contributed by atoms with E-state index in [4.69, 9.17) is 5.11 Å². The Morgan fingerprint density at radius 2 is 1.88 bits per heavy atom. The summed E-state index contributed by atoms with van der Waals surface area (Å²) in [5.41, 5.74) is 1.39. The van der Waals surface area contributed by atoms with Gasteiger partial charge in [0, 0.05) is 17.2 Å². The molecule has 0 bridgehead atoms. The monoisotopic (exact) mass is 375 g/mol. The van der Waals surface area contributed by atoms with Crippen molar-refractivity contribution in [1.82, 2.24) is 0 Å². The average molecular weight is 375 g/mol. The van der Waals surface area contributed by atoms with Gasteiger partial charge in [0.05, 0.1) is 11.8 Å². The van der Waals surface area contributed by atoms with Gasteiger partial charge in [0.1, 0.15) is 5.82 Å². The van der Waals surface area contributed by atoms with Gasteiger partial charge in [-0.1, -0.05) is 24.3 Å². The molecule has 6 heteroatoms. The van der Waals surface area contributed by atoms with Crippen LogP contribution in [0.25, 0.3) is 0 Å². The lowest BCUT2D eigenvalue weighted by molar-refractivity contribution is -0.136. The molecule has 0 saturated carbocycles. The van der Waals surface area contributed by atoms with E-state index < -0.39 is 11.4 Å². The number of carboxylic acid groups (broad SMARTS) is 1. The van der Waals surface area contributed by atoms with Crippen molar-refractivity contribution in [2.75, 3.05) is 11.1 Å². The van der Waals surface area contributed by atoms with Gasteiger partial charge in [0.15, 0.2) is 0 Å². The lowest BCUT2D eigenvalue weighted by atomic mass is 9.83. The zero-order valence-electron chi connectivity index (χ0n) is 14.8. The molecule has 0 aliphatic rings. The number of thioether (sulfide) groups is 1. The molecule has 0 spiro atoms. The van der Waals surface area contributed by atoms with Crippen molar-refractivity contribution in [3.05, 3.63) is 65.5 Å². The highest BCUT2D eigenvalue weighted by Gasteiger charge is 2.30. The summed E-state index contributed by atoms with van der Waals surface area (Å²) in [4.78, 5) is 23.2. The molecule has 2 aromatic carbocycles. The SMILES string of the molecule is CC(C)(C(=O)Nc1cccc(CSCCC(=O)O)c1)c1cccc(F)c1. The van der Waals surface area contributed by atoms with Crippen molar-refractivity contribution < 1.29 is 19.1 Å². The van der Waals surface area contributed by atoms with E-state index in [0.29, 0.717) is 22.8 Å². The number of aliphatic carboxylic acids is 1. The van der Waals surface area contributed by atoms with E-state index in [-0.39, 0.29) is 18.1 Å².